The summed E-state index contributed by atoms with van der Waals surface area (Å²) in [6, 6.07) is 7.33. The van der Waals surface area contributed by atoms with Gasteiger partial charge in [0.05, 0.1) is 17.6 Å². The summed E-state index contributed by atoms with van der Waals surface area (Å²) in [6.45, 7) is 1.17. The minimum Gasteiger partial charge on any atom is -0.492 e. The molecule has 3 rings (SSSR count). The van der Waals surface area contributed by atoms with Crippen LogP contribution in [0.3, 0.4) is 0 Å². The molecule has 7 nitrogen and oxygen atoms in total. The first-order valence-corrected chi connectivity index (χ1v) is 8.38. The lowest BCUT2D eigenvalue weighted by Crippen LogP contribution is -2.24. The number of likely N-dealkylation sites (N-methyl/N-ethyl adjacent to an activating group) is 1. The van der Waals surface area contributed by atoms with Crippen LogP contribution in [0.5, 0.6) is 5.75 Å². The number of benzene rings is 1. The summed E-state index contributed by atoms with van der Waals surface area (Å²) in [4.78, 5) is 33.3. The Bertz CT molecular complexity index is 793. The molecule has 0 radical (unpaired) electrons. The lowest BCUT2D eigenvalue weighted by molar-refractivity contribution is -0.115. The van der Waals surface area contributed by atoms with Crippen molar-refractivity contribution < 1.29 is 14.3 Å². The third-order valence-electron chi connectivity index (χ3n) is 3.46. The Morgan fingerprint density at radius 2 is 2.04 bits per heavy atom. The molecule has 0 bridgehead atoms. The lowest BCUT2D eigenvalue weighted by atomic mass is 10.2. The van der Waals surface area contributed by atoms with Crippen LogP contribution in [0, 0.1) is 0 Å². The Labute approximate surface area is 149 Å². The molecule has 1 saturated heterocycles. The Hall–Kier alpha value is -2.87. The molecule has 0 saturated carbocycles. The number of imide groups is 1. The number of rotatable bonds is 6. The van der Waals surface area contributed by atoms with Gasteiger partial charge in [0.1, 0.15) is 18.2 Å². The van der Waals surface area contributed by atoms with Crippen molar-refractivity contribution in [1.82, 2.24) is 15.3 Å². The summed E-state index contributed by atoms with van der Waals surface area (Å²) >= 11 is 0.901. The molecule has 0 spiro atoms. The smallest absolute Gasteiger partial charge is 0.290 e. The molecule has 8 heteroatoms. The van der Waals surface area contributed by atoms with Crippen LogP contribution in [-0.2, 0) is 4.79 Å². The Morgan fingerprint density at radius 3 is 2.68 bits per heavy atom. The topological polar surface area (TPSA) is 84.4 Å². The molecule has 128 valence electrons. The minimum absolute atomic E-state index is 0.344. The highest BCUT2D eigenvalue weighted by Gasteiger charge is 2.24. The average Bonchev–Trinajstić information content (AvgIpc) is 2.94. The number of nitrogens with one attached hydrogen (secondary N) is 1. The fourth-order valence-corrected chi connectivity index (χ4v) is 2.82. The van der Waals surface area contributed by atoms with Crippen LogP contribution in [0.2, 0.25) is 0 Å². The predicted octanol–water partition coefficient (Wildman–Crippen LogP) is 2.32. The van der Waals surface area contributed by atoms with Gasteiger partial charge in [0.25, 0.3) is 11.1 Å². The second-order valence-electron chi connectivity index (χ2n) is 5.25. The van der Waals surface area contributed by atoms with E-state index in [0.717, 1.165) is 28.9 Å². The molecule has 1 aromatic carbocycles. The van der Waals surface area contributed by atoms with Crippen LogP contribution >= 0.6 is 11.8 Å². The van der Waals surface area contributed by atoms with Crippen molar-refractivity contribution >= 4 is 34.8 Å². The van der Waals surface area contributed by atoms with Crippen LogP contribution in [0.25, 0.3) is 6.08 Å². The molecule has 0 unspecified atom stereocenters. The van der Waals surface area contributed by atoms with Gasteiger partial charge < -0.3 is 9.64 Å². The van der Waals surface area contributed by atoms with E-state index in [4.69, 9.17) is 4.74 Å². The van der Waals surface area contributed by atoms with Gasteiger partial charge >= 0.3 is 0 Å². The number of hydrogen-bond acceptors (Lipinski definition) is 7. The number of ether oxygens (including phenoxy) is 1. The summed E-state index contributed by atoms with van der Waals surface area (Å²) in [7, 11) is 1.92. The van der Waals surface area contributed by atoms with Gasteiger partial charge in [-0.05, 0) is 35.5 Å². The van der Waals surface area contributed by atoms with Gasteiger partial charge in [0, 0.05) is 19.4 Å². The lowest BCUT2D eigenvalue weighted by Gasteiger charge is -2.17. The number of hydrogen-bond donors (Lipinski definition) is 1. The molecular weight excluding hydrogens is 340 g/mol. The molecule has 1 N–H and O–H groups in total. The van der Waals surface area contributed by atoms with Gasteiger partial charge in [-0.2, -0.15) is 0 Å². The number of anilines is 1. The zero-order valence-corrected chi connectivity index (χ0v) is 14.3. The first kappa shape index (κ1) is 17.0. The standard InChI is InChI=1S/C17H16N4O3S/c1-21(15-11-18-6-7-19-15)8-9-24-13-4-2-12(3-5-13)10-14-16(22)20-17(23)25-14/h2-7,10-11H,8-9H2,1H3,(H,20,22,23)/b14-10-. The first-order chi connectivity index (χ1) is 12.1. The second-order valence-corrected chi connectivity index (χ2v) is 6.27. The van der Waals surface area contributed by atoms with Gasteiger partial charge in [0.15, 0.2) is 0 Å². The van der Waals surface area contributed by atoms with Crippen molar-refractivity contribution in [3.63, 3.8) is 0 Å². The van der Waals surface area contributed by atoms with E-state index in [1.165, 1.54) is 0 Å². The van der Waals surface area contributed by atoms with Crippen LogP contribution in [-0.4, -0.2) is 41.3 Å². The van der Waals surface area contributed by atoms with E-state index in [1.807, 2.05) is 36.2 Å². The third-order valence-corrected chi connectivity index (χ3v) is 4.27. The largest absolute Gasteiger partial charge is 0.492 e. The first-order valence-electron chi connectivity index (χ1n) is 7.57. The number of carbonyl (C=O) groups is 2. The average molecular weight is 356 g/mol. The molecule has 1 aliphatic rings. The van der Waals surface area contributed by atoms with Gasteiger partial charge in [-0.15, -0.1) is 0 Å². The molecule has 2 amide bonds. The SMILES string of the molecule is CN(CCOc1ccc(/C=C2\SC(=O)NC2=O)cc1)c1cnccn1. The zero-order valence-electron chi connectivity index (χ0n) is 13.5. The van der Waals surface area contributed by atoms with Crippen molar-refractivity contribution in [3.05, 3.63) is 53.3 Å². The number of thioether (sulfide) groups is 1. The van der Waals surface area contributed by atoms with Gasteiger partial charge in [-0.1, -0.05) is 12.1 Å². The fourth-order valence-electron chi connectivity index (χ4n) is 2.14. The Kier molecular flexibility index (Phi) is 5.30. The van der Waals surface area contributed by atoms with E-state index in [-0.39, 0.29) is 11.1 Å². The van der Waals surface area contributed by atoms with Crippen molar-refractivity contribution in [2.75, 3.05) is 25.1 Å². The van der Waals surface area contributed by atoms with Gasteiger partial charge in [-0.3, -0.25) is 19.9 Å². The monoisotopic (exact) mass is 356 g/mol. The molecule has 2 heterocycles. The molecule has 0 atom stereocenters. The van der Waals surface area contributed by atoms with Gasteiger partial charge in [0.2, 0.25) is 0 Å². The zero-order chi connectivity index (χ0) is 17.6. The molecular formula is C17H16N4O3S. The minimum atomic E-state index is -0.359. The quantitative estimate of drug-likeness (QED) is 0.795. The summed E-state index contributed by atoms with van der Waals surface area (Å²) < 4.78 is 5.71. The van der Waals surface area contributed by atoms with E-state index >= 15 is 0 Å². The maximum Gasteiger partial charge on any atom is 0.290 e. The fraction of sp³-hybridized carbons (Fsp3) is 0.176. The molecule has 2 aromatic rings. The predicted molar refractivity (Wildman–Crippen MR) is 96.3 cm³/mol. The highest BCUT2D eigenvalue weighted by atomic mass is 32.2. The van der Waals surface area contributed by atoms with Crippen molar-refractivity contribution in [2.24, 2.45) is 0 Å². The van der Waals surface area contributed by atoms with E-state index in [9.17, 15) is 9.59 Å². The van der Waals surface area contributed by atoms with Crippen LogP contribution in [0.1, 0.15) is 5.56 Å². The van der Waals surface area contributed by atoms with Crippen LogP contribution < -0.4 is 15.0 Å². The molecule has 1 aromatic heterocycles. The van der Waals surface area contributed by atoms with Crippen molar-refractivity contribution in [1.29, 1.82) is 0 Å². The molecule has 25 heavy (non-hydrogen) atoms. The number of aromatic nitrogens is 2. The Morgan fingerprint density at radius 1 is 1.24 bits per heavy atom. The van der Waals surface area contributed by atoms with E-state index in [2.05, 4.69) is 15.3 Å². The van der Waals surface area contributed by atoms with E-state index in [0.29, 0.717) is 18.1 Å². The van der Waals surface area contributed by atoms with E-state index < -0.39 is 0 Å². The molecule has 1 aliphatic heterocycles. The van der Waals surface area contributed by atoms with Crippen LogP contribution in [0.15, 0.2) is 47.8 Å². The van der Waals surface area contributed by atoms with E-state index in [1.54, 1.807) is 24.7 Å². The summed E-state index contributed by atoms with van der Waals surface area (Å²) in [5.41, 5.74) is 0.830. The van der Waals surface area contributed by atoms with Crippen molar-refractivity contribution in [2.45, 2.75) is 0 Å². The normalized spacial score (nSPS) is 15.3. The second kappa shape index (κ2) is 7.80. The number of nitrogens with zero attached hydrogens (tertiary/aromatic N) is 3. The third kappa shape index (κ3) is 4.57. The Balaban J connectivity index is 1.52. The van der Waals surface area contributed by atoms with Crippen LogP contribution in [0.4, 0.5) is 10.6 Å². The number of amides is 2. The maximum absolute atomic E-state index is 11.5. The maximum atomic E-state index is 11.5. The van der Waals surface area contributed by atoms with Crippen molar-refractivity contribution in [3.8, 4) is 5.75 Å². The number of carbonyl (C=O) groups excluding carboxylic acids is 2. The van der Waals surface area contributed by atoms with Gasteiger partial charge in [-0.25, -0.2) is 4.98 Å². The highest BCUT2D eigenvalue weighted by Crippen LogP contribution is 2.26. The summed E-state index contributed by atoms with van der Waals surface area (Å²) in [5, 5.41) is 1.88. The molecule has 0 aliphatic carbocycles. The molecule has 1 fully saturated rings. The summed E-state index contributed by atoms with van der Waals surface area (Å²) in [5.74, 6) is 1.16. The highest BCUT2D eigenvalue weighted by molar-refractivity contribution is 8.18. The summed E-state index contributed by atoms with van der Waals surface area (Å²) in [6.07, 6.45) is 6.66.